The van der Waals surface area contributed by atoms with Crippen LogP contribution in [-0.4, -0.2) is 50.1 Å². The molecule has 1 fully saturated rings. The summed E-state index contributed by atoms with van der Waals surface area (Å²) in [4.78, 5) is 14.8. The number of morpholine rings is 1. The number of benzene rings is 2. The summed E-state index contributed by atoms with van der Waals surface area (Å²) in [5.74, 6) is 0.113. The highest BCUT2D eigenvalue weighted by Gasteiger charge is 2.22. The van der Waals surface area contributed by atoms with Gasteiger partial charge in [-0.2, -0.15) is 0 Å². The molecule has 2 aromatic rings. The van der Waals surface area contributed by atoms with E-state index in [2.05, 4.69) is 22.3 Å². The number of carbonyl (C=O) groups is 1. The SMILES string of the molecule is Cc1ccc(C(=O)CNCC(c2ccc(Cl)cc2)N2CCOCC2)cc1. The summed E-state index contributed by atoms with van der Waals surface area (Å²) < 4.78 is 5.48. The van der Waals surface area contributed by atoms with Crippen molar-refractivity contribution in [2.45, 2.75) is 13.0 Å². The number of hydrogen-bond acceptors (Lipinski definition) is 4. The molecule has 1 heterocycles. The Balaban J connectivity index is 1.62. The number of hydrogen-bond donors (Lipinski definition) is 1. The molecule has 1 saturated heterocycles. The Hall–Kier alpha value is -1.72. The van der Waals surface area contributed by atoms with Crippen LogP contribution >= 0.6 is 11.6 Å². The molecule has 1 aliphatic heterocycles. The topological polar surface area (TPSA) is 41.6 Å². The van der Waals surface area contributed by atoms with E-state index in [0.29, 0.717) is 13.1 Å². The van der Waals surface area contributed by atoms with Gasteiger partial charge in [-0.05, 0) is 24.6 Å². The van der Waals surface area contributed by atoms with E-state index >= 15 is 0 Å². The van der Waals surface area contributed by atoms with Crippen molar-refractivity contribution < 1.29 is 9.53 Å². The molecule has 1 atom stereocenters. The molecule has 26 heavy (non-hydrogen) atoms. The number of rotatable bonds is 7. The van der Waals surface area contributed by atoms with Gasteiger partial charge >= 0.3 is 0 Å². The van der Waals surface area contributed by atoms with Crippen molar-refractivity contribution in [1.82, 2.24) is 10.2 Å². The van der Waals surface area contributed by atoms with Gasteiger partial charge < -0.3 is 10.1 Å². The average molecular weight is 373 g/mol. The minimum atomic E-state index is 0.113. The first kappa shape index (κ1) is 19.1. The number of nitrogens with zero attached hydrogens (tertiary/aromatic N) is 1. The molecule has 2 aromatic carbocycles. The van der Waals surface area contributed by atoms with Gasteiger partial charge in [0.1, 0.15) is 0 Å². The van der Waals surface area contributed by atoms with Crippen LogP contribution in [0.3, 0.4) is 0 Å². The lowest BCUT2D eigenvalue weighted by Crippen LogP contribution is -2.43. The lowest BCUT2D eigenvalue weighted by atomic mass is 10.0. The number of carbonyl (C=O) groups excluding carboxylic acids is 1. The summed E-state index contributed by atoms with van der Waals surface area (Å²) >= 11 is 6.03. The first-order valence-corrected chi connectivity index (χ1v) is 9.39. The van der Waals surface area contributed by atoms with Crippen LogP contribution < -0.4 is 5.32 Å². The summed E-state index contributed by atoms with van der Waals surface area (Å²) in [6.45, 7) is 6.32. The van der Waals surface area contributed by atoms with Crippen LogP contribution in [0.15, 0.2) is 48.5 Å². The smallest absolute Gasteiger partial charge is 0.176 e. The Morgan fingerprint density at radius 1 is 1.12 bits per heavy atom. The summed E-state index contributed by atoms with van der Waals surface area (Å²) in [6, 6.07) is 15.9. The summed E-state index contributed by atoms with van der Waals surface area (Å²) in [5, 5.41) is 4.08. The lowest BCUT2D eigenvalue weighted by Gasteiger charge is -2.35. The molecule has 4 nitrogen and oxygen atoms in total. The van der Waals surface area contributed by atoms with Gasteiger partial charge in [-0.1, -0.05) is 53.6 Å². The van der Waals surface area contributed by atoms with Gasteiger partial charge in [-0.15, -0.1) is 0 Å². The molecular weight excluding hydrogens is 348 g/mol. The minimum absolute atomic E-state index is 0.113. The van der Waals surface area contributed by atoms with Crippen molar-refractivity contribution in [2.75, 3.05) is 39.4 Å². The molecule has 0 amide bonds. The number of nitrogens with one attached hydrogen (secondary N) is 1. The molecule has 0 aromatic heterocycles. The highest BCUT2D eigenvalue weighted by molar-refractivity contribution is 6.30. The second-order valence-electron chi connectivity index (χ2n) is 6.64. The van der Waals surface area contributed by atoms with Gasteiger partial charge in [-0.25, -0.2) is 0 Å². The normalized spacial score (nSPS) is 16.4. The van der Waals surface area contributed by atoms with E-state index in [1.54, 1.807) is 0 Å². The molecule has 0 bridgehead atoms. The third kappa shape index (κ3) is 5.15. The second kappa shape index (κ2) is 9.28. The number of ether oxygens (including phenoxy) is 1. The van der Waals surface area contributed by atoms with Crippen LogP contribution in [0.4, 0.5) is 0 Å². The van der Waals surface area contributed by atoms with Crippen molar-refractivity contribution in [3.8, 4) is 0 Å². The van der Waals surface area contributed by atoms with Crippen LogP contribution in [0, 0.1) is 6.92 Å². The molecule has 1 unspecified atom stereocenters. The quantitative estimate of drug-likeness (QED) is 0.755. The van der Waals surface area contributed by atoms with Crippen molar-refractivity contribution in [3.63, 3.8) is 0 Å². The summed E-state index contributed by atoms with van der Waals surface area (Å²) in [6.07, 6.45) is 0. The maximum Gasteiger partial charge on any atom is 0.176 e. The molecule has 0 radical (unpaired) electrons. The van der Waals surface area contributed by atoms with Gasteiger partial charge in [0.15, 0.2) is 5.78 Å². The Kier molecular flexibility index (Phi) is 6.80. The zero-order valence-corrected chi connectivity index (χ0v) is 15.8. The zero-order valence-electron chi connectivity index (χ0n) is 15.1. The highest BCUT2D eigenvalue weighted by atomic mass is 35.5. The second-order valence-corrected chi connectivity index (χ2v) is 7.07. The Morgan fingerprint density at radius 3 is 2.42 bits per heavy atom. The van der Waals surface area contributed by atoms with Crippen LogP contribution in [-0.2, 0) is 4.74 Å². The Morgan fingerprint density at radius 2 is 1.77 bits per heavy atom. The predicted octanol–water partition coefficient (Wildman–Crippen LogP) is 3.49. The Bertz CT molecular complexity index is 710. The zero-order chi connectivity index (χ0) is 18.4. The fraction of sp³-hybridized carbons (Fsp3) is 0.381. The highest BCUT2D eigenvalue weighted by Crippen LogP contribution is 2.23. The van der Waals surface area contributed by atoms with Crippen LogP contribution in [0.2, 0.25) is 5.02 Å². The van der Waals surface area contributed by atoms with Gasteiger partial charge in [0, 0.05) is 36.3 Å². The van der Waals surface area contributed by atoms with E-state index in [1.165, 1.54) is 5.56 Å². The van der Waals surface area contributed by atoms with Crippen molar-refractivity contribution >= 4 is 17.4 Å². The average Bonchev–Trinajstić information content (AvgIpc) is 2.67. The third-order valence-corrected chi connectivity index (χ3v) is 4.99. The largest absolute Gasteiger partial charge is 0.379 e. The molecule has 1 aliphatic rings. The van der Waals surface area contributed by atoms with E-state index in [1.807, 2.05) is 43.3 Å². The number of aryl methyl sites for hydroxylation is 1. The van der Waals surface area contributed by atoms with Crippen molar-refractivity contribution in [3.05, 3.63) is 70.2 Å². The van der Waals surface area contributed by atoms with E-state index < -0.39 is 0 Å². The number of ketones is 1. The number of halogens is 1. The van der Waals surface area contributed by atoms with Crippen LogP contribution in [0.1, 0.15) is 27.5 Å². The molecule has 138 valence electrons. The molecule has 0 aliphatic carbocycles. The first-order valence-electron chi connectivity index (χ1n) is 9.01. The third-order valence-electron chi connectivity index (χ3n) is 4.74. The number of Topliss-reactive ketones (excluding diaryl/α,β-unsaturated/α-hetero) is 1. The van der Waals surface area contributed by atoms with Gasteiger partial charge in [0.2, 0.25) is 0 Å². The monoisotopic (exact) mass is 372 g/mol. The fourth-order valence-electron chi connectivity index (χ4n) is 3.20. The van der Waals surface area contributed by atoms with E-state index in [9.17, 15) is 4.79 Å². The van der Waals surface area contributed by atoms with Gasteiger partial charge in [-0.3, -0.25) is 9.69 Å². The molecular formula is C21H25ClN2O2. The van der Waals surface area contributed by atoms with E-state index in [4.69, 9.17) is 16.3 Å². The maximum absolute atomic E-state index is 12.4. The van der Waals surface area contributed by atoms with Gasteiger partial charge in [0.25, 0.3) is 0 Å². The molecule has 3 rings (SSSR count). The minimum Gasteiger partial charge on any atom is -0.379 e. The van der Waals surface area contributed by atoms with E-state index in [0.717, 1.165) is 42.5 Å². The van der Waals surface area contributed by atoms with E-state index in [-0.39, 0.29) is 11.8 Å². The molecule has 1 N–H and O–H groups in total. The molecule has 0 spiro atoms. The standard InChI is InChI=1S/C21H25ClN2O2/c1-16-2-4-18(5-3-16)21(25)15-23-14-20(24-10-12-26-13-11-24)17-6-8-19(22)9-7-17/h2-9,20,23H,10-15H2,1H3. The summed E-state index contributed by atoms with van der Waals surface area (Å²) in [7, 11) is 0. The lowest BCUT2D eigenvalue weighted by molar-refractivity contribution is 0.0162. The van der Waals surface area contributed by atoms with Crippen LogP contribution in [0.5, 0.6) is 0 Å². The van der Waals surface area contributed by atoms with Gasteiger partial charge in [0.05, 0.1) is 19.8 Å². The fourth-order valence-corrected chi connectivity index (χ4v) is 3.32. The predicted molar refractivity (Wildman–Crippen MR) is 105 cm³/mol. The Labute approximate surface area is 160 Å². The molecule has 0 saturated carbocycles. The first-order chi connectivity index (χ1) is 12.6. The van der Waals surface area contributed by atoms with Crippen molar-refractivity contribution in [2.24, 2.45) is 0 Å². The maximum atomic E-state index is 12.4. The van der Waals surface area contributed by atoms with Crippen LogP contribution in [0.25, 0.3) is 0 Å². The molecule has 5 heteroatoms. The summed E-state index contributed by atoms with van der Waals surface area (Å²) in [5.41, 5.74) is 3.11. The van der Waals surface area contributed by atoms with Crippen molar-refractivity contribution in [1.29, 1.82) is 0 Å².